The molecule has 0 saturated heterocycles. The molecule has 0 saturated carbocycles. The molecule has 184 valence electrons. The van der Waals surface area contributed by atoms with Gasteiger partial charge in [0.05, 0.1) is 0 Å². The van der Waals surface area contributed by atoms with Crippen molar-refractivity contribution in [1.82, 2.24) is 0 Å². The molecule has 1 aliphatic heterocycles. The Kier molecular flexibility index (Phi) is 7.87. The van der Waals surface area contributed by atoms with Crippen LogP contribution in [0.25, 0.3) is 0 Å². The second-order valence-electron chi connectivity index (χ2n) is 10.3. The minimum atomic E-state index is -1.91. The van der Waals surface area contributed by atoms with E-state index in [2.05, 4.69) is 94.5 Å². The van der Waals surface area contributed by atoms with E-state index in [0.717, 1.165) is 16.9 Å². The van der Waals surface area contributed by atoms with Crippen molar-refractivity contribution in [3.8, 4) is 5.75 Å². The number of nitrogens with zero attached hydrogens (tertiary/aromatic N) is 1. The van der Waals surface area contributed by atoms with Crippen molar-refractivity contribution in [2.75, 3.05) is 13.7 Å². The normalized spacial score (nSPS) is 18.2. The van der Waals surface area contributed by atoms with Crippen LogP contribution in [0.2, 0.25) is 18.1 Å². The Balaban J connectivity index is 1.65. The van der Waals surface area contributed by atoms with Gasteiger partial charge in [-0.3, -0.25) is 0 Å². The van der Waals surface area contributed by atoms with Crippen molar-refractivity contribution < 1.29 is 13.9 Å². The molecule has 35 heavy (non-hydrogen) atoms. The molecule has 0 radical (unpaired) electrons. The van der Waals surface area contributed by atoms with Crippen molar-refractivity contribution in [3.05, 3.63) is 90.0 Å². The molecule has 3 aromatic carbocycles. The first-order valence-electron chi connectivity index (χ1n) is 12.0. The van der Waals surface area contributed by atoms with Gasteiger partial charge in [-0.15, -0.1) is 0 Å². The average molecular weight is 553 g/mol. The average Bonchev–Trinajstić information content (AvgIpc) is 3.27. The van der Waals surface area contributed by atoms with E-state index in [9.17, 15) is 0 Å². The number of hydrogen-bond donors (Lipinski definition) is 0. The molecule has 4 nitrogen and oxygen atoms in total. The van der Waals surface area contributed by atoms with Crippen LogP contribution >= 0.6 is 0 Å². The topological polar surface area (TPSA) is 40.0 Å². The van der Waals surface area contributed by atoms with Gasteiger partial charge < -0.3 is 0 Å². The van der Waals surface area contributed by atoms with Gasteiger partial charge in [0.15, 0.2) is 0 Å². The summed E-state index contributed by atoms with van der Waals surface area (Å²) in [6.45, 7) is 11.9. The van der Waals surface area contributed by atoms with Crippen LogP contribution in [0, 0.1) is 0 Å². The Labute approximate surface area is 217 Å². The van der Waals surface area contributed by atoms with E-state index in [0.29, 0.717) is 12.5 Å². The molecule has 0 bridgehead atoms. The van der Waals surface area contributed by atoms with E-state index in [1.54, 1.807) is 7.11 Å². The van der Waals surface area contributed by atoms with Crippen LogP contribution < -0.4 is 13.7 Å². The quantitative estimate of drug-likeness (QED) is 0.358. The zero-order valence-electron chi connectivity index (χ0n) is 21.4. The molecule has 0 aliphatic carbocycles. The van der Waals surface area contributed by atoms with Crippen molar-refractivity contribution in [3.63, 3.8) is 0 Å². The number of benzene rings is 3. The Morgan fingerprint density at radius 3 is 2.20 bits per heavy atom. The van der Waals surface area contributed by atoms with Gasteiger partial charge in [-0.25, -0.2) is 0 Å². The summed E-state index contributed by atoms with van der Waals surface area (Å²) in [7, 11) is -0.188. The standard InChI is InChI=1S/C29H35NO3SeSi/c1-29(2,3)35(5,6)32-20-23-27(21-14-8-7-9-15-21)33-28(30-23)22-16-10-12-18-25(22)34-26-19-13-11-17-24(26)31-4/h7-19,23,27H,20H2,1-6H3/t23-,27-/m0/s1. The molecule has 0 N–H and O–H groups in total. The summed E-state index contributed by atoms with van der Waals surface area (Å²) in [5.41, 5.74) is 2.18. The van der Waals surface area contributed by atoms with Gasteiger partial charge in [-0.05, 0) is 0 Å². The third kappa shape index (κ3) is 5.89. The molecular formula is C29H35NO3SeSi. The van der Waals surface area contributed by atoms with Gasteiger partial charge in [0.1, 0.15) is 0 Å². The predicted octanol–water partition coefficient (Wildman–Crippen LogP) is 5.26. The third-order valence-electron chi connectivity index (χ3n) is 6.83. The molecule has 0 aromatic heterocycles. The summed E-state index contributed by atoms with van der Waals surface area (Å²) in [5.74, 6) is 1.62. The van der Waals surface area contributed by atoms with E-state index in [1.807, 2.05) is 18.2 Å². The Morgan fingerprint density at radius 2 is 1.51 bits per heavy atom. The summed E-state index contributed by atoms with van der Waals surface area (Å²) in [4.78, 5) is 5.12. The van der Waals surface area contributed by atoms with Crippen LogP contribution in [0.1, 0.15) is 38.0 Å². The van der Waals surface area contributed by atoms with Crippen molar-refractivity contribution in [2.24, 2.45) is 4.99 Å². The maximum absolute atomic E-state index is 6.61. The predicted molar refractivity (Wildman–Crippen MR) is 148 cm³/mol. The summed E-state index contributed by atoms with van der Waals surface area (Å²) >= 11 is 0.0487. The molecule has 4 rings (SSSR count). The van der Waals surface area contributed by atoms with Crippen LogP contribution in [0.15, 0.2) is 83.9 Å². The molecular weight excluding hydrogens is 517 g/mol. The van der Waals surface area contributed by atoms with Gasteiger partial charge in [0, 0.05) is 0 Å². The number of hydrogen-bond acceptors (Lipinski definition) is 4. The monoisotopic (exact) mass is 553 g/mol. The molecule has 2 atom stereocenters. The van der Waals surface area contributed by atoms with E-state index in [1.165, 1.54) is 8.92 Å². The molecule has 0 amide bonds. The molecule has 0 fully saturated rings. The minimum absolute atomic E-state index is 0.0487. The van der Waals surface area contributed by atoms with Crippen LogP contribution in [-0.4, -0.2) is 48.9 Å². The van der Waals surface area contributed by atoms with Gasteiger partial charge in [0.2, 0.25) is 0 Å². The number of ether oxygens (including phenoxy) is 2. The molecule has 0 unspecified atom stereocenters. The van der Waals surface area contributed by atoms with Crippen LogP contribution in [0.3, 0.4) is 0 Å². The van der Waals surface area contributed by atoms with Gasteiger partial charge in [0.25, 0.3) is 0 Å². The second-order valence-corrected chi connectivity index (χ2v) is 17.4. The van der Waals surface area contributed by atoms with Crippen LogP contribution in [-0.2, 0) is 9.16 Å². The maximum atomic E-state index is 6.61. The number of rotatable bonds is 8. The van der Waals surface area contributed by atoms with E-state index < -0.39 is 8.32 Å². The van der Waals surface area contributed by atoms with Gasteiger partial charge in [-0.2, -0.15) is 0 Å². The number of methoxy groups -OCH3 is 1. The Morgan fingerprint density at radius 1 is 0.886 bits per heavy atom. The third-order valence-corrected chi connectivity index (χ3v) is 13.7. The molecule has 3 aromatic rings. The molecule has 1 aliphatic rings. The number of para-hydroxylation sites is 1. The van der Waals surface area contributed by atoms with Gasteiger partial charge in [-0.1, -0.05) is 0 Å². The van der Waals surface area contributed by atoms with Crippen LogP contribution in [0.5, 0.6) is 5.75 Å². The van der Waals surface area contributed by atoms with E-state index >= 15 is 0 Å². The summed E-state index contributed by atoms with van der Waals surface area (Å²) < 4.78 is 21.2. The van der Waals surface area contributed by atoms with Crippen molar-refractivity contribution in [2.45, 2.75) is 51.0 Å². The molecule has 0 spiro atoms. The van der Waals surface area contributed by atoms with Gasteiger partial charge >= 0.3 is 217 Å². The summed E-state index contributed by atoms with van der Waals surface area (Å²) in [6.07, 6.45) is -0.164. The Hall–Kier alpha value is -2.37. The summed E-state index contributed by atoms with van der Waals surface area (Å²) in [6, 6.07) is 26.9. The van der Waals surface area contributed by atoms with E-state index in [-0.39, 0.29) is 32.1 Å². The summed E-state index contributed by atoms with van der Waals surface area (Å²) in [5, 5.41) is 0.144. The SMILES string of the molecule is COc1ccccc1[Se]c1ccccc1C1=N[C@@H](CO[Si](C)(C)C(C)(C)C)[C@H](c2ccccc2)O1. The number of aliphatic imine (C=N–C) groups is 1. The van der Waals surface area contributed by atoms with Crippen molar-refractivity contribution in [1.29, 1.82) is 0 Å². The van der Waals surface area contributed by atoms with E-state index in [4.69, 9.17) is 18.9 Å². The first kappa shape index (κ1) is 25.7. The molecule has 6 heteroatoms. The fourth-order valence-corrected chi connectivity index (χ4v) is 6.92. The van der Waals surface area contributed by atoms with Crippen molar-refractivity contribution >= 4 is 38.1 Å². The second kappa shape index (κ2) is 10.7. The van der Waals surface area contributed by atoms with Crippen LogP contribution in [0.4, 0.5) is 0 Å². The zero-order chi connectivity index (χ0) is 25.1. The Bertz CT molecular complexity index is 1170. The first-order valence-corrected chi connectivity index (χ1v) is 16.7. The molecule has 1 heterocycles. The first-order chi connectivity index (χ1) is 16.7. The fourth-order valence-electron chi connectivity index (χ4n) is 3.70. The fraction of sp³-hybridized carbons (Fsp3) is 0.345. The zero-order valence-corrected chi connectivity index (χ0v) is 24.2.